The zero-order valence-electron chi connectivity index (χ0n) is 8.35. The van der Waals surface area contributed by atoms with Crippen molar-refractivity contribution in [2.24, 2.45) is 0 Å². The minimum Gasteiger partial charge on any atom is -0.508 e. The lowest BCUT2D eigenvalue weighted by atomic mass is 10.2. The van der Waals surface area contributed by atoms with Crippen LogP contribution in [0.2, 0.25) is 0 Å². The third-order valence-corrected chi connectivity index (χ3v) is 3.33. The van der Waals surface area contributed by atoms with Crippen LogP contribution in [-0.4, -0.2) is 40.5 Å². The van der Waals surface area contributed by atoms with E-state index in [1.54, 1.807) is 18.2 Å². The van der Waals surface area contributed by atoms with Crippen molar-refractivity contribution in [1.29, 1.82) is 0 Å². The SMILES string of the molecule is O=C(c1cccc(O)c1)N1CCSCC1. The minimum atomic E-state index is 0.0196. The average molecular weight is 223 g/mol. The maximum absolute atomic E-state index is 12.0. The molecular weight excluding hydrogens is 210 g/mol. The summed E-state index contributed by atoms with van der Waals surface area (Å²) < 4.78 is 0. The van der Waals surface area contributed by atoms with E-state index in [0.29, 0.717) is 5.56 Å². The quantitative estimate of drug-likeness (QED) is 0.786. The molecule has 0 radical (unpaired) electrons. The van der Waals surface area contributed by atoms with Crippen molar-refractivity contribution in [1.82, 2.24) is 4.90 Å². The lowest BCUT2D eigenvalue weighted by Gasteiger charge is -2.26. The molecule has 0 atom stereocenters. The van der Waals surface area contributed by atoms with Gasteiger partial charge in [0.1, 0.15) is 5.75 Å². The van der Waals surface area contributed by atoms with Crippen LogP contribution in [0.4, 0.5) is 0 Å². The van der Waals surface area contributed by atoms with Crippen LogP contribution in [0.5, 0.6) is 5.75 Å². The first-order valence-corrected chi connectivity index (χ1v) is 6.09. The molecule has 3 nitrogen and oxygen atoms in total. The Labute approximate surface area is 93.1 Å². The standard InChI is InChI=1S/C11H13NO2S/c13-10-3-1-2-9(8-10)11(14)12-4-6-15-7-5-12/h1-3,8,13H,4-7H2. The normalized spacial score (nSPS) is 16.4. The number of hydrogen-bond donors (Lipinski definition) is 1. The lowest BCUT2D eigenvalue weighted by Crippen LogP contribution is -2.37. The minimum absolute atomic E-state index is 0.0196. The number of phenols is 1. The van der Waals surface area contributed by atoms with Crippen LogP contribution in [0.3, 0.4) is 0 Å². The monoisotopic (exact) mass is 223 g/mol. The molecule has 1 aliphatic rings. The maximum atomic E-state index is 12.0. The summed E-state index contributed by atoms with van der Waals surface area (Å²) in [5.41, 5.74) is 0.571. The molecule has 0 spiro atoms. The first-order chi connectivity index (χ1) is 7.27. The van der Waals surface area contributed by atoms with Gasteiger partial charge in [-0.1, -0.05) is 6.07 Å². The number of rotatable bonds is 1. The molecule has 0 unspecified atom stereocenters. The summed E-state index contributed by atoms with van der Waals surface area (Å²) in [7, 11) is 0. The maximum Gasteiger partial charge on any atom is 0.254 e. The van der Waals surface area contributed by atoms with E-state index in [0.717, 1.165) is 24.6 Å². The molecule has 1 amide bonds. The van der Waals surface area contributed by atoms with Gasteiger partial charge in [-0.05, 0) is 18.2 Å². The Morgan fingerprint density at radius 3 is 2.73 bits per heavy atom. The van der Waals surface area contributed by atoms with Crippen LogP contribution < -0.4 is 0 Å². The molecule has 0 saturated carbocycles. The van der Waals surface area contributed by atoms with Crippen molar-refractivity contribution < 1.29 is 9.90 Å². The number of thioether (sulfide) groups is 1. The number of amides is 1. The van der Waals surface area contributed by atoms with Gasteiger partial charge in [-0.25, -0.2) is 0 Å². The molecule has 1 N–H and O–H groups in total. The zero-order chi connectivity index (χ0) is 10.7. The summed E-state index contributed by atoms with van der Waals surface area (Å²) in [6, 6.07) is 6.53. The molecule has 0 aliphatic carbocycles. The van der Waals surface area contributed by atoms with Gasteiger partial charge in [0.25, 0.3) is 5.91 Å². The smallest absolute Gasteiger partial charge is 0.254 e. The van der Waals surface area contributed by atoms with Crippen molar-refractivity contribution in [3.05, 3.63) is 29.8 Å². The van der Waals surface area contributed by atoms with Gasteiger partial charge >= 0.3 is 0 Å². The van der Waals surface area contributed by atoms with Crippen molar-refractivity contribution in [3.8, 4) is 5.75 Å². The predicted octanol–water partition coefficient (Wildman–Crippen LogP) is 1.58. The summed E-state index contributed by atoms with van der Waals surface area (Å²) in [6.07, 6.45) is 0. The highest BCUT2D eigenvalue weighted by Gasteiger charge is 2.18. The summed E-state index contributed by atoms with van der Waals surface area (Å²) >= 11 is 1.87. The molecule has 15 heavy (non-hydrogen) atoms. The number of nitrogens with zero attached hydrogens (tertiary/aromatic N) is 1. The number of carbonyl (C=O) groups excluding carboxylic acids is 1. The Morgan fingerprint density at radius 2 is 2.07 bits per heavy atom. The van der Waals surface area contributed by atoms with Gasteiger partial charge in [0.05, 0.1) is 0 Å². The molecule has 1 aliphatic heterocycles. The molecule has 80 valence electrons. The first-order valence-electron chi connectivity index (χ1n) is 4.93. The fraction of sp³-hybridized carbons (Fsp3) is 0.364. The van der Waals surface area contributed by atoms with Crippen LogP contribution >= 0.6 is 11.8 Å². The molecule has 1 fully saturated rings. The fourth-order valence-corrected chi connectivity index (χ4v) is 2.49. The second kappa shape index (κ2) is 4.57. The molecule has 4 heteroatoms. The van der Waals surface area contributed by atoms with Gasteiger partial charge in [-0.2, -0.15) is 11.8 Å². The van der Waals surface area contributed by atoms with Gasteiger partial charge in [0.15, 0.2) is 0 Å². The lowest BCUT2D eigenvalue weighted by molar-refractivity contribution is 0.0772. The van der Waals surface area contributed by atoms with Crippen molar-refractivity contribution in [2.75, 3.05) is 24.6 Å². The second-order valence-corrected chi connectivity index (χ2v) is 4.68. The van der Waals surface area contributed by atoms with Crippen LogP contribution in [0.15, 0.2) is 24.3 Å². The van der Waals surface area contributed by atoms with E-state index in [9.17, 15) is 9.90 Å². The molecule has 1 heterocycles. The van der Waals surface area contributed by atoms with Crippen LogP contribution in [0.25, 0.3) is 0 Å². The topological polar surface area (TPSA) is 40.5 Å². The number of benzene rings is 1. The zero-order valence-corrected chi connectivity index (χ0v) is 9.17. The predicted molar refractivity (Wildman–Crippen MR) is 61.3 cm³/mol. The molecular formula is C11H13NO2S. The van der Waals surface area contributed by atoms with Crippen molar-refractivity contribution >= 4 is 17.7 Å². The van der Waals surface area contributed by atoms with Crippen molar-refractivity contribution in [2.45, 2.75) is 0 Å². The molecule has 1 aromatic carbocycles. The Kier molecular flexibility index (Phi) is 3.16. The van der Waals surface area contributed by atoms with Crippen molar-refractivity contribution in [3.63, 3.8) is 0 Å². The average Bonchev–Trinajstić information content (AvgIpc) is 2.29. The van der Waals surface area contributed by atoms with Gasteiger partial charge in [-0.3, -0.25) is 4.79 Å². The summed E-state index contributed by atoms with van der Waals surface area (Å²) in [5.74, 6) is 2.17. The van der Waals surface area contributed by atoms with E-state index in [1.165, 1.54) is 6.07 Å². The van der Waals surface area contributed by atoms with Crippen LogP contribution in [-0.2, 0) is 0 Å². The van der Waals surface area contributed by atoms with E-state index >= 15 is 0 Å². The number of aromatic hydroxyl groups is 1. The molecule has 0 bridgehead atoms. The highest BCUT2D eigenvalue weighted by atomic mass is 32.2. The first kappa shape index (κ1) is 10.4. The van der Waals surface area contributed by atoms with E-state index in [1.807, 2.05) is 16.7 Å². The second-order valence-electron chi connectivity index (χ2n) is 3.45. The molecule has 1 aromatic rings. The Balaban J connectivity index is 2.12. The molecule has 0 aromatic heterocycles. The highest BCUT2D eigenvalue weighted by Crippen LogP contribution is 2.16. The summed E-state index contributed by atoms with van der Waals surface area (Å²) in [4.78, 5) is 13.8. The van der Waals surface area contributed by atoms with Gasteiger partial charge in [-0.15, -0.1) is 0 Å². The Morgan fingerprint density at radius 1 is 1.33 bits per heavy atom. The number of hydrogen-bond acceptors (Lipinski definition) is 3. The Bertz CT molecular complexity index is 361. The third kappa shape index (κ3) is 2.45. The number of carbonyl (C=O) groups is 1. The van der Waals surface area contributed by atoms with E-state index in [2.05, 4.69) is 0 Å². The van der Waals surface area contributed by atoms with E-state index in [-0.39, 0.29) is 11.7 Å². The van der Waals surface area contributed by atoms with Crippen LogP contribution in [0, 0.1) is 0 Å². The summed E-state index contributed by atoms with van der Waals surface area (Å²) in [6.45, 7) is 1.61. The molecule has 2 rings (SSSR count). The van der Waals surface area contributed by atoms with Gasteiger partial charge < -0.3 is 10.0 Å². The largest absolute Gasteiger partial charge is 0.508 e. The third-order valence-electron chi connectivity index (χ3n) is 2.39. The van der Waals surface area contributed by atoms with E-state index < -0.39 is 0 Å². The molecule has 1 saturated heterocycles. The highest BCUT2D eigenvalue weighted by molar-refractivity contribution is 7.99. The summed E-state index contributed by atoms with van der Waals surface area (Å²) in [5, 5.41) is 9.29. The van der Waals surface area contributed by atoms with Gasteiger partial charge in [0, 0.05) is 30.2 Å². The van der Waals surface area contributed by atoms with Crippen LogP contribution in [0.1, 0.15) is 10.4 Å². The fourth-order valence-electron chi connectivity index (χ4n) is 1.59. The van der Waals surface area contributed by atoms with E-state index in [4.69, 9.17) is 0 Å². The number of phenolic OH excluding ortho intramolecular Hbond substituents is 1. The Hall–Kier alpha value is -1.16. The van der Waals surface area contributed by atoms with Gasteiger partial charge in [0.2, 0.25) is 0 Å².